The lowest BCUT2D eigenvalue weighted by molar-refractivity contribution is -0.384. The molecule has 0 saturated heterocycles. The van der Waals surface area contributed by atoms with Crippen LogP contribution in [0.25, 0.3) is 0 Å². The van der Waals surface area contributed by atoms with E-state index in [1.807, 2.05) is 6.92 Å². The molecule has 0 aliphatic carbocycles. The summed E-state index contributed by atoms with van der Waals surface area (Å²) in [6.07, 6.45) is 0.100. The quantitative estimate of drug-likeness (QED) is 0.667. The van der Waals surface area contributed by atoms with Crippen molar-refractivity contribution < 1.29 is 14.5 Å². The summed E-state index contributed by atoms with van der Waals surface area (Å²) in [4.78, 5) is 22.3. The van der Waals surface area contributed by atoms with Gasteiger partial charge in [0.1, 0.15) is 5.75 Å². The summed E-state index contributed by atoms with van der Waals surface area (Å²) in [6, 6.07) is 9.22. The van der Waals surface area contributed by atoms with Crippen molar-refractivity contribution in [1.82, 2.24) is 0 Å². The summed E-state index contributed by atoms with van der Waals surface area (Å²) in [5, 5.41) is 13.9. The van der Waals surface area contributed by atoms with Crippen molar-refractivity contribution in [2.24, 2.45) is 0 Å². The number of nitrogens with zero attached hydrogens (tertiary/aromatic N) is 1. The lowest BCUT2D eigenvalue weighted by atomic mass is 10.1. The number of methoxy groups -OCH3 is 1. The molecule has 0 heterocycles. The minimum atomic E-state index is -0.481. The average molecular weight is 335 g/mol. The highest BCUT2D eigenvalue weighted by atomic mass is 35.5. The molecule has 6 nitrogen and oxygen atoms in total. The number of amides is 1. The van der Waals surface area contributed by atoms with E-state index in [0.717, 1.165) is 5.56 Å². The third-order valence-electron chi connectivity index (χ3n) is 3.27. The average Bonchev–Trinajstić information content (AvgIpc) is 2.51. The number of hydrogen-bond donors (Lipinski definition) is 1. The Balaban J connectivity index is 2.10. The van der Waals surface area contributed by atoms with E-state index in [1.165, 1.54) is 19.2 Å². The first kappa shape index (κ1) is 16.8. The van der Waals surface area contributed by atoms with Gasteiger partial charge in [-0.3, -0.25) is 14.9 Å². The third-order valence-corrected chi connectivity index (χ3v) is 3.67. The van der Waals surface area contributed by atoms with Crippen LogP contribution in [-0.2, 0) is 11.2 Å². The Morgan fingerprint density at radius 3 is 2.52 bits per heavy atom. The summed E-state index contributed by atoms with van der Waals surface area (Å²) in [5.41, 5.74) is 2.02. The molecule has 0 bridgehead atoms. The molecule has 0 fully saturated rings. The molecular formula is C16H15ClN2O4. The number of carbonyl (C=O) groups is 1. The van der Waals surface area contributed by atoms with Gasteiger partial charge >= 0.3 is 0 Å². The van der Waals surface area contributed by atoms with E-state index in [-0.39, 0.29) is 18.0 Å². The summed E-state index contributed by atoms with van der Waals surface area (Å²) < 4.78 is 5.20. The molecule has 120 valence electrons. The molecule has 2 aromatic carbocycles. The Morgan fingerprint density at radius 1 is 1.30 bits per heavy atom. The van der Waals surface area contributed by atoms with E-state index in [0.29, 0.717) is 22.0 Å². The molecule has 0 radical (unpaired) electrons. The number of carbonyl (C=O) groups excluding carboxylic acids is 1. The van der Waals surface area contributed by atoms with Gasteiger partial charge in [-0.15, -0.1) is 0 Å². The second kappa shape index (κ2) is 7.11. The zero-order valence-corrected chi connectivity index (χ0v) is 13.4. The maximum atomic E-state index is 12.1. The molecular weight excluding hydrogens is 320 g/mol. The molecule has 0 unspecified atom stereocenters. The minimum absolute atomic E-state index is 0.0100. The standard InChI is InChI=1S/C16H15ClN2O4/c1-10-7-14(15(23-2)9-13(10)17)18-16(20)8-11-3-5-12(6-4-11)19(21)22/h3-7,9H,8H2,1-2H3,(H,18,20). The van der Waals surface area contributed by atoms with Gasteiger partial charge in [0, 0.05) is 23.2 Å². The van der Waals surface area contributed by atoms with E-state index >= 15 is 0 Å². The highest BCUT2D eigenvalue weighted by Gasteiger charge is 2.12. The smallest absolute Gasteiger partial charge is 0.269 e. The van der Waals surface area contributed by atoms with Crippen LogP contribution < -0.4 is 10.1 Å². The number of hydrogen-bond acceptors (Lipinski definition) is 4. The van der Waals surface area contributed by atoms with E-state index in [1.54, 1.807) is 24.3 Å². The predicted octanol–water partition coefficient (Wildman–Crippen LogP) is 3.75. The van der Waals surface area contributed by atoms with Crippen molar-refractivity contribution in [2.75, 3.05) is 12.4 Å². The Hall–Kier alpha value is -2.60. The molecule has 1 amide bonds. The largest absolute Gasteiger partial charge is 0.495 e. The number of aryl methyl sites for hydroxylation is 1. The molecule has 2 rings (SSSR count). The van der Waals surface area contributed by atoms with Gasteiger partial charge in [0.15, 0.2) is 0 Å². The lowest BCUT2D eigenvalue weighted by Crippen LogP contribution is -2.15. The van der Waals surface area contributed by atoms with Gasteiger partial charge < -0.3 is 10.1 Å². The zero-order chi connectivity index (χ0) is 17.0. The number of anilines is 1. The maximum Gasteiger partial charge on any atom is 0.269 e. The van der Waals surface area contributed by atoms with Crippen molar-refractivity contribution in [1.29, 1.82) is 0 Å². The van der Waals surface area contributed by atoms with Crippen LogP contribution in [0.15, 0.2) is 36.4 Å². The van der Waals surface area contributed by atoms with E-state index < -0.39 is 4.92 Å². The van der Waals surface area contributed by atoms with Crippen molar-refractivity contribution in [3.8, 4) is 5.75 Å². The SMILES string of the molecule is COc1cc(Cl)c(C)cc1NC(=O)Cc1ccc([N+](=O)[O-])cc1. The molecule has 0 saturated carbocycles. The summed E-state index contributed by atoms with van der Waals surface area (Å²) >= 11 is 6.02. The van der Waals surface area contributed by atoms with Crippen LogP contribution in [0.4, 0.5) is 11.4 Å². The third kappa shape index (κ3) is 4.20. The Bertz CT molecular complexity index is 744. The van der Waals surface area contributed by atoms with Crippen LogP contribution >= 0.6 is 11.6 Å². The highest BCUT2D eigenvalue weighted by molar-refractivity contribution is 6.31. The number of rotatable bonds is 5. The fraction of sp³-hybridized carbons (Fsp3) is 0.188. The van der Waals surface area contributed by atoms with Gasteiger partial charge in [0.2, 0.25) is 5.91 Å². The van der Waals surface area contributed by atoms with Gasteiger partial charge in [-0.2, -0.15) is 0 Å². The van der Waals surface area contributed by atoms with Crippen molar-refractivity contribution >= 4 is 28.9 Å². The first-order valence-electron chi connectivity index (χ1n) is 6.78. The first-order chi connectivity index (χ1) is 10.9. The van der Waals surface area contributed by atoms with Gasteiger partial charge in [0.25, 0.3) is 5.69 Å². The van der Waals surface area contributed by atoms with E-state index in [4.69, 9.17) is 16.3 Å². The van der Waals surface area contributed by atoms with E-state index in [9.17, 15) is 14.9 Å². The Labute approximate surface area is 138 Å². The summed E-state index contributed by atoms with van der Waals surface area (Å²) in [7, 11) is 1.49. The van der Waals surface area contributed by atoms with Crippen molar-refractivity contribution in [2.45, 2.75) is 13.3 Å². The van der Waals surface area contributed by atoms with Crippen LogP contribution in [0.2, 0.25) is 5.02 Å². The topological polar surface area (TPSA) is 81.5 Å². The molecule has 0 atom stereocenters. The second-order valence-electron chi connectivity index (χ2n) is 4.95. The van der Waals surface area contributed by atoms with Gasteiger partial charge in [-0.25, -0.2) is 0 Å². The number of benzene rings is 2. The maximum absolute atomic E-state index is 12.1. The molecule has 2 aromatic rings. The van der Waals surface area contributed by atoms with Gasteiger partial charge in [-0.1, -0.05) is 23.7 Å². The molecule has 0 aromatic heterocycles. The highest BCUT2D eigenvalue weighted by Crippen LogP contribution is 2.31. The molecule has 0 aliphatic heterocycles. The molecule has 1 N–H and O–H groups in total. The van der Waals surface area contributed by atoms with Crippen molar-refractivity contribution in [3.63, 3.8) is 0 Å². The van der Waals surface area contributed by atoms with Crippen LogP contribution in [0, 0.1) is 17.0 Å². The predicted molar refractivity (Wildman–Crippen MR) is 88.2 cm³/mol. The summed E-state index contributed by atoms with van der Waals surface area (Å²) in [6.45, 7) is 1.83. The number of nitrogens with one attached hydrogen (secondary N) is 1. The van der Waals surface area contributed by atoms with Crippen LogP contribution in [0.5, 0.6) is 5.75 Å². The number of ether oxygens (including phenoxy) is 1. The van der Waals surface area contributed by atoms with Gasteiger partial charge in [-0.05, 0) is 24.1 Å². The first-order valence-corrected chi connectivity index (χ1v) is 7.16. The normalized spacial score (nSPS) is 10.2. The number of halogens is 1. The van der Waals surface area contributed by atoms with Crippen LogP contribution in [0.3, 0.4) is 0 Å². The Morgan fingerprint density at radius 2 is 1.96 bits per heavy atom. The van der Waals surface area contributed by atoms with Crippen molar-refractivity contribution in [3.05, 3.63) is 62.7 Å². The molecule has 0 aliphatic rings. The zero-order valence-electron chi connectivity index (χ0n) is 12.6. The fourth-order valence-electron chi connectivity index (χ4n) is 2.05. The summed E-state index contributed by atoms with van der Waals surface area (Å²) in [5.74, 6) is 0.219. The fourth-order valence-corrected chi connectivity index (χ4v) is 2.20. The number of nitro benzene ring substituents is 1. The minimum Gasteiger partial charge on any atom is -0.495 e. The Kier molecular flexibility index (Phi) is 5.18. The number of non-ortho nitro benzene ring substituents is 1. The lowest BCUT2D eigenvalue weighted by Gasteiger charge is -2.12. The monoisotopic (exact) mass is 334 g/mol. The van der Waals surface area contributed by atoms with Crippen LogP contribution in [0.1, 0.15) is 11.1 Å². The number of nitro groups is 1. The van der Waals surface area contributed by atoms with E-state index in [2.05, 4.69) is 5.32 Å². The molecule has 23 heavy (non-hydrogen) atoms. The molecule has 0 spiro atoms. The second-order valence-corrected chi connectivity index (χ2v) is 5.36. The molecule has 7 heteroatoms. The van der Waals surface area contributed by atoms with Gasteiger partial charge in [0.05, 0.1) is 24.1 Å². The van der Waals surface area contributed by atoms with Crippen LogP contribution in [-0.4, -0.2) is 17.9 Å².